The Bertz CT molecular complexity index is 914. The fourth-order valence-electron chi connectivity index (χ4n) is 3.08. The fraction of sp³-hybridized carbons (Fsp3) is 0.250. The number of nitrogens with zero attached hydrogens (tertiary/aromatic N) is 1. The molecule has 0 spiro atoms. The molecule has 3 rings (SSSR count). The van der Waals surface area contributed by atoms with E-state index in [1.807, 2.05) is 24.3 Å². The van der Waals surface area contributed by atoms with Crippen molar-refractivity contribution in [2.75, 3.05) is 5.32 Å². The monoisotopic (exact) mass is 369 g/mol. The molecule has 0 saturated carbocycles. The van der Waals surface area contributed by atoms with Crippen LogP contribution in [-0.2, 0) is 22.6 Å². The van der Waals surface area contributed by atoms with Crippen molar-refractivity contribution in [2.45, 2.75) is 25.8 Å². The molecule has 27 heavy (non-hydrogen) atoms. The van der Waals surface area contributed by atoms with Crippen molar-refractivity contribution in [1.29, 1.82) is 5.26 Å². The van der Waals surface area contributed by atoms with Crippen molar-refractivity contribution in [2.24, 2.45) is 5.92 Å². The third-order valence-corrected chi connectivity index (χ3v) is 4.54. The van der Waals surface area contributed by atoms with E-state index in [0.29, 0.717) is 12.8 Å². The molecule has 2 aromatic carbocycles. The zero-order valence-electron chi connectivity index (χ0n) is 14.4. The van der Waals surface area contributed by atoms with Gasteiger partial charge in [0, 0.05) is 24.6 Å². The number of hydrogen-bond donors (Lipinski definition) is 2. The minimum absolute atomic E-state index is 0.0575. The van der Waals surface area contributed by atoms with Crippen molar-refractivity contribution in [3.8, 4) is 6.07 Å². The van der Waals surface area contributed by atoms with Crippen LogP contribution in [0.5, 0.6) is 0 Å². The van der Waals surface area contributed by atoms with Crippen LogP contribution in [0.2, 0.25) is 0 Å². The predicted octanol–water partition coefficient (Wildman–Crippen LogP) is 3.04. The Hall–Kier alpha value is -3.27. The van der Waals surface area contributed by atoms with Gasteiger partial charge in [0.05, 0.1) is 0 Å². The van der Waals surface area contributed by atoms with Gasteiger partial charge in [-0.25, -0.2) is 8.78 Å². The maximum atomic E-state index is 13.6. The second kappa shape index (κ2) is 7.96. The number of carbonyl (C=O) groups is 2. The number of fused-ring (bicyclic) bond motifs is 1. The molecule has 5 nitrogen and oxygen atoms in total. The lowest BCUT2D eigenvalue weighted by molar-refractivity contribution is -0.122. The summed E-state index contributed by atoms with van der Waals surface area (Å²) in [7, 11) is 0. The van der Waals surface area contributed by atoms with E-state index in [4.69, 9.17) is 5.26 Å². The number of carbonyl (C=O) groups excluding carboxylic acids is 2. The Morgan fingerprint density at radius 1 is 1.26 bits per heavy atom. The third kappa shape index (κ3) is 4.29. The summed E-state index contributed by atoms with van der Waals surface area (Å²) in [5.74, 6) is -2.64. The molecule has 0 aliphatic carbocycles. The second-order valence-electron chi connectivity index (χ2n) is 6.41. The van der Waals surface area contributed by atoms with E-state index >= 15 is 0 Å². The Balaban J connectivity index is 1.52. The molecule has 0 fully saturated rings. The van der Waals surface area contributed by atoms with E-state index < -0.39 is 17.2 Å². The Morgan fingerprint density at radius 3 is 2.67 bits per heavy atom. The Morgan fingerprint density at radius 2 is 1.96 bits per heavy atom. The summed E-state index contributed by atoms with van der Waals surface area (Å²) < 4.78 is 27.1. The molecular formula is C20H17F2N3O2. The SMILES string of the molecule is N#Cc1c(F)cc(CNC(=O)CCC2Cc3ccccc3NC2=O)cc1F. The molecule has 2 N–H and O–H groups in total. The van der Waals surface area contributed by atoms with Gasteiger partial charge in [-0.05, 0) is 42.2 Å². The van der Waals surface area contributed by atoms with Gasteiger partial charge in [-0.3, -0.25) is 9.59 Å². The number of nitrogens with one attached hydrogen (secondary N) is 2. The minimum atomic E-state index is -0.959. The van der Waals surface area contributed by atoms with Crippen molar-refractivity contribution >= 4 is 17.5 Å². The zero-order chi connectivity index (χ0) is 19.4. The van der Waals surface area contributed by atoms with Gasteiger partial charge < -0.3 is 10.6 Å². The van der Waals surface area contributed by atoms with Crippen LogP contribution in [0.15, 0.2) is 36.4 Å². The maximum absolute atomic E-state index is 13.6. The van der Waals surface area contributed by atoms with Crippen LogP contribution >= 0.6 is 0 Å². The number of rotatable bonds is 5. The van der Waals surface area contributed by atoms with Crippen LogP contribution < -0.4 is 10.6 Å². The molecule has 1 unspecified atom stereocenters. The largest absolute Gasteiger partial charge is 0.352 e. The van der Waals surface area contributed by atoms with Gasteiger partial charge in [0.15, 0.2) is 0 Å². The average molecular weight is 369 g/mol. The highest BCUT2D eigenvalue weighted by molar-refractivity contribution is 5.96. The third-order valence-electron chi connectivity index (χ3n) is 4.54. The van der Waals surface area contributed by atoms with Crippen LogP contribution in [0.4, 0.5) is 14.5 Å². The van der Waals surface area contributed by atoms with E-state index in [9.17, 15) is 18.4 Å². The van der Waals surface area contributed by atoms with Crippen LogP contribution in [-0.4, -0.2) is 11.8 Å². The van der Waals surface area contributed by atoms with Gasteiger partial charge in [-0.1, -0.05) is 18.2 Å². The van der Waals surface area contributed by atoms with Gasteiger partial charge in [-0.2, -0.15) is 5.26 Å². The summed E-state index contributed by atoms with van der Waals surface area (Å²) in [6.45, 7) is -0.0575. The second-order valence-corrected chi connectivity index (χ2v) is 6.41. The first-order valence-electron chi connectivity index (χ1n) is 8.51. The molecular weight excluding hydrogens is 352 g/mol. The van der Waals surface area contributed by atoms with E-state index in [1.54, 1.807) is 0 Å². The summed E-state index contributed by atoms with van der Waals surface area (Å²) in [4.78, 5) is 24.2. The zero-order valence-corrected chi connectivity index (χ0v) is 14.4. The van der Waals surface area contributed by atoms with E-state index in [1.165, 1.54) is 6.07 Å². The minimum Gasteiger partial charge on any atom is -0.352 e. The van der Waals surface area contributed by atoms with Crippen LogP contribution in [0.3, 0.4) is 0 Å². The summed E-state index contributed by atoms with van der Waals surface area (Å²) >= 11 is 0. The molecule has 138 valence electrons. The number of amides is 2. The van der Waals surface area contributed by atoms with Gasteiger partial charge in [-0.15, -0.1) is 0 Å². The molecule has 2 amide bonds. The van der Waals surface area contributed by atoms with Crippen LogP contribution in [0.25, 0.3) is 0 Å². The molecule has 1 atom stereocenters. The normalized spacial score (nSPS) is 15.4. The first-order valence-corrected chi connectivity index (χ1v) is 8.51. The lowest BCUT2D eigenvalue weighted by atomic mass is 9.89. The standard InChI is InChI=1S/C20H17F2N3O2/c21-16-7-12(8-17(22)15(16)10-23)11-24-19(26)6-5-14-9-13-3-1-2-4-18(13)25-20(14)27/h1-4,7-8,14H,5-6,9,11H2,(H,24,26)(H,25,27). The topological polar surface area (TPSA) is 82.0 Å². The number of anilines is 1. The number of halogens is 2. The molecule has 0 aromatic heterocycles. The number of benzene rings is 2. The van der Waals surface area contributed by atoms with Crippen LogP contribution in [0, 0.1) is 28.9 Å². The van der Waals surface area contributed by atoms with Gasteiger partial charge in [0.25, 0.3) is 0 Å². The summed E-state index contributed by atoms with van der Waals surface area (Å²) in [6, 6.07) is 11.0. The molecule has 1 heterocycles. The number of para-hydroxylation sites is 1. The molecule has 1 aliphatic heterocycles. The summed E-state index contributed by atoms with van der Waals surface area (Å²) in [5.41, 5.74) is 1.41. The smallest absolute Gasteiger partial charge is 0.227 e. The van der Waals surface area contributed by atoms with Crippen molar-refractivity contribution in [3.63, 3.8) is 0 Å². The number of hydrogen-bond acceptors (Lipinski definition) is 3. The highest BCUT2D eigenvalue weighted by Crippen LogP contribution is 2.27. The molecule has 2 aromatic rings. The highest BCUT2D eigenvalue weighted by Gasteiger charge is 2.26. The Kier molecular flexibility index (Phi) is 5.46. The lowest BCUT2D eigenvalue weighted by Gasteiger charge is -2.24. The first kappa shape index (κ1) is 18.5. The van der Waals surface area contributed by atoms with E-state index in [2.05, 4.69) is 10.6 Å². The highest BCUT2D eigenvalue weighted by atomic mass is 19.1. The van der Waals surface area contributed by atoms with Gasteiger partial charge >= 0.3 is 0 Å². The van der Waals surface area contributed by atoms with Crippen molar-refractivity contribution in [1.82, 2.24) is 5.32 Å². The van der Waals surface area contributed by atoms with Crippen LogP contribution in [0.1, 0.15) is 29.5 Å². The molecule has 0 radical (unpaired) electrons. The van der Waals surface area contributed by atoms with E-state index in [-0.39, 0.29) is 36.3 Å². The quantitative estimate of drug-likeness (QED) is 0.850. The van der Waals surface area contributed by atoms with Gasteiger partial charge in [0.2, 0.25) is 11.8 Å². The average Bonchev–Trinajstić information content (AvgIpc) is 2.64. The lowest BCUT2D eigenvalue weighted by Crippen LogP contribution is -2.31. The first-order chi connectivity index (χ1) is 13.0. The molecule has 7 heteroatoms. The molecule has 0 bridgehead atoms. The predicted molar refractivity (Wildman–Crippen MR) is 94.4 cm³/mol. The van der Waals surface area contributed by atoms with Gasteiger partial charge in [0.1, 0.15) is 23.3 Å². The molecule has 1 aliphatic rings. The maximum Gasteiger partial charge on any atom is 0.227 e. The van der Waals surface area contributed by atoms with Crippen molar-refractivity contribution < 1.29 is 18.4 Å². The fourth-order valence-corrected chi connectivity index (χ4v) is 3.08. The Labute approximate surface area is 155 Å². The number of nitriles is 1. The van der Waals surface area contributed by atoms with Crippen molar-refractivity contribution in [3.05, 3.63) is 64.7 Å². The summed E-state index contributed by atoms with van der Waals surface area (Å²) in [5, 5.41) is 14.1. The summed E-state index contributed by atoms with van der Waals surface area (Å²) in [6.07, 6.45) is 1.07. The van der Waals surface area contributed by atoms with E-state index in [0.717, 1.165) is 23.4 Å². The molecule has 0 saturated heterocycles.